The van der Waals surface area contributed by atoms with Crippen LogP contribution >= 0.6 is 34.5 Å². The highest BCUT2D eigenvalue weighted by Crippen LogP contribution is 2.45. The molecule has 40 heavy (non-hydrogen) atoms. The molecule has 0 saturated heterocycles. The number of nitrogens with one attached hydrogen (secondary N) is 1. The summed E-state index contributed by atoms with van der Waals surface area (Å²) in [4.78, 5) is 19.6. The minimum atomic E-state index is -0.128. The molecule has 0 spiro atoms. The lowest BCUT2D eigenvalue weighted by Gasteiger charge is -2.33. The molecule has 1 atom stereocenters. The number of hydrogen-bond acceptors (Lipinski definition) is 5. The van der Waals surface area contributed by atoms with Crippen LogP contribution in [0.3, 0.4) is 0 Å². The molecule has 1 aliphatic rings. The summed E-state index contributed by atoms with van der Waals surface area (Å²) < 4.78 is 11.5. The van der Waals surface area contributed by atoms with Crippen LogP contribution in [-0.2, 0) is 26.0 Å². The van der Waals surface area contributed by atoms with Gasteiger partial charge in [-0.15, -0.1) is 11.3 Å². The number of ether oxygens (including phenoxy) is 1. The molecule has 0 fully saturated rings. The van der Waals surface area contributed by atoms with Gasteiger partial charge in [-0.3, -0.25) is 4.79 Å². The van der Waals surface area contributed by atoms with Crippen molar-refractivity contribution in [1.29, 1.82) is 0 Å². The quantitative estimate of drug-likeness (QED) is 0.207. The number of furan rings is 1. The summed E-state index contributed by atoms with van der Waals surface area (Å²) in [7, 11) is 0. The summed E-state index contributed by atoms with van der Waals surface area (Å²) in [5, 5.41) is 4.88. The summed E-state index contributed by atoms with van der Waals surface area (Å²) in [5.74, 6) is 1.82. The first kappa shape index (κ1) is 28.5. The van der Waals surface area contributed by atoms with Gasteiger partial charge in [-0.1, -0.05) is 62.2 Å². The lowest BCUT2D eigenvalue weighted by atomic mass is 9.72. The Bertz CT molecular complexity index is 1520. The molecule has 2 aromatic heterocycles. The molecule has 1 aliphatic carbocycles. The van der Waals surface area contributed by atoms with E-state index >= 15 is 0 Å². The highest BCUT2D eigenvalue weighted by molar-refractivity contribution is 7.16. The second kappa shape index (κ2) is 12.2. The lowest BCUT2D eigenvalue weighted by Crippen LogP contribution is -2.28. The Labute approximate surface area is 249 Å². The average Bonchev–Trinajstić information content (AvgIpc) is 3.57. The number of rotatable bonds is 8. The number of para-hydroxylation sites is 1. The van der Waals surface area contributed by atoms with Crippen molar-refractivity contribution in [3.8, 4) is 5.75 Å². The summed E-state index contributed by atoms with van der Waals surface area (Å²) in [6, 6.07) is 16.7. The van der Waals surface area contributed by atoms with Gasteiger partial charge in [0.2, 0.25) is 0 Å². The summed E-state index contributed by atoms with van der Waals surface area (Å²) in [5.41, 5.74) is 3.65. The van der Waals surface area contributed by atoms with Gasteiger partial charge in [0.25, 0.3) is 5.91 Å². The summed E-state index contributed by atoms with van der Waals surface area (Å²) in [6.45, 7) is 7.50. The third-order valence-electron chi connectivity index (χ3n) is 7.34. The number of nitrogens with zero attached hydrogens (tertiary/aromatic N) is 1. The predicted octanol–water partition coefficient (Wildman–Crippen LogP) is 9.06. The third-order valence-corrected chi connectivity index (χ3v) is 9.09. The van der Waals surface area contributed by atoms with Crippen molar-refractivity contribution in [3.63, 3.8) is 0 Å². The van der Waals surface area contributed by atoms with E-state index in [1.807, 2.05) is 42.5 Å². The first-order valence-corrected chi connectivity index (χ1v) is 14.9. The van der Waals surface area contributed by atoms with Crippen molar-refractivity contribution in [2.75, 3.05) is 0 Å². The number of halogens is 2. The average molecular weight is 596 g/mol. The van der Waals surface area contributed by atoms with Crippen molar-refractivity contribution in [3.05, 3.63) is 104 Å². The minimum absolute atomic E-state index is 0.128. The Kier molecular flexibility index (Phi) is 8.69. The minimum Gasteiger partial charge on any atom is -0.488 e. The van der Waals surface area contributed by atoms with Crippen LogP contribution in [0, 0.1) is 11.3 Å². The number of fused-ring (bicyclic) bond motifs is 1. The molecule has 5 rings (SSSR count). The second-order valence-electron chi connectivity index (χ2n) is 11.1. The van der Waals surface area contributed by atoms with Crippen LogP contribution in [0.2, 0.25) is 10.0 Å². The van der Waals surface area contributed by atoms with Gasteiger partial charge in [0, 0.05) is 32.3 Å². The van der Waals surface area contributed by atoms with Crippen molar-refractivity contribution < 1.29 is 13.9 Å². The third kappa shape index (κ3) is 6.63. The molecular weight excluding hydrogens is 563 g/mol. The summed E-state index contributed by atoms with van der Waals surface area (Å²) >= 11 is 14.0. The highest BCUT2D eigenvalue weighted by atomic mass is 35.5. The maximum absolute atomic E-state index is 13.5. The number of hydrogen-bond donors (Lipinski definition) is 1. The standard InChI is InChI=1S/C32H32Cl2N2O3S/c1-32(2,3)22-11-13-25-28(15-22)40-31(29(25)30(37)35-18-24-8-6-14-38-24)36-17-20-7-4-5-9-27(20)39-19-21-10-12-23(33)16-26(21)34/h4-10,12,14,16-17,22H,11,13,15,18-19H2,1-3H3,(H,35,37)/t22-/m1/s1. The normalized spacial score (nSPS) is 15.3. The molecule has 4 aromatic rings. The van der Waals surface area contributed by atoms with Gasteiger partial charge in [-0.2, -0.15) is 0 Å². The largest absolute Gasteiger partial charge is 0.488 e. The molecule has 0 radical (unpaired) electrons. The monoisotopic (exact) mass is 594 g/mol. The fourth-order valence-corrected chi connectivity index (χ4v) is 6.68. The number of carbonyl (C=O) groups is 1. The smallest absolute Gasteiger partial charge is 0.255 e. The molecule has 5 nitrogen and oxygen atoms in total. The van der Waals surface area contributed by atoms with E-state index in [4.69, 9.17) is 37.3 Å². The topological polar surface area (TPSA) is 63.8 Å². The second-order valence-corrected chi connectivity index (χ2v) is 13.0. The molecule has 0 saturated carbocycles. The first-order valence-electron chi connectivity index (χ1n) is 13.3. The molecular formula is C32H32Cl2N2O3S. The van der Waals surface area contributed by atoms with Crippen molar-refractivity contribution >= 4 is 51.7 Å². The Morgan fingerprint density at radius 1 is 1.18 bits per heavy atom. The van der Waals surface area contributed by atoms with Gasteiger partial charge in [0.15, 0.2) is 0 Å². The zero-order valence-corrected chi connectivity index (χ0v) is 25.1. The maximum Gasteiger partial charge on any atom is 0.255 e. The Morgan fingerprint density at radius 2 is 2.00 bits per heavy atom. The Balaban J connectivity index is 1.42. The number of thiophene rings is 1. The molecule has 0 unspecified atom stereocenters. The van der Waals surface area contributed by atoms with Gasteiger partial charge >= 0.3 is 0 Å². The van der Waals surface area contributed by atoms with Gasteiger partial charge in [0.1, 0.15) is 23.1 Å². The van der Waals surface area contributed by atoms with Crippen LogP contribution in [0.1, 0.15) is 64.9 Å². The molecule has 0 aliphatic heterocycles. The van der Waals surface area contributed by atoms with E-state index in [1.165, 1.54) is 4.88 Å². The molecule has 8 heteroatoms. The van der Waals surface area contributed by atoms with Crippen LogP contribution < -0.4 is 10.1 Å². The first-order chi connectivity index (χ1) is 19.2. The van der Waals surface area contributed by atoms with Crippen molar-refractivity contribution in [2.45, 2.75) is 53.2 Å². The molecule has 1 amide bonds. The molecule has 0 bridgehead atoms. The van der Waals surface area contributed by atoms with Crippen LogP contribution in [-0.4, -0.2) is 12.1 Å². The Morgan fingerprint density at radius 3 is 2.75 bits per heavy atom. The number of amides is 1. The van der Waals surface area contributed by atoms with Crippen LogP contribution in [0.25, 0.3) is 0 Å². The van der Waals surface area contributed by atoms with Crippen LogP contribution in [0.5, 0.6) is 5.75 Å². The van der Waals surface area contributed by atoms with Gasteiger partial charge < -0.3 is 14.5 Å². The summed E-state index contributed by atoms with van der Waals surface area (Å²) in [6.07, 6.45) is 6.27. The lowest BCUT2D eigenvalue weighted by molar-refractivity contribution is 0.0947. The Hall–Kier alpha value is -3.06. The van der Waals surface area contributed by atoms with E-state index in [2.05, 4.69) is 26.1 Å². The van der Waals surface area contributed by atoms with E-state index in [9.17, 15) is 4.79 Å². The number of aliphatic imine (C=N–C) groups is 1. The van der Waals surface area contributed by atoms with Crippen LogP contribution in [0.4, 0.5) is 5.00 Å². The van der Waals surface area contributed by atoms with E-state index in [0.29, 0.717) is 51.2 Å². The van der Waals surface area contributed by atoms with Crippen molar-refractivity contribution in [2.24, 2.45) is 16.3 Å². The molecule has 208 valence electrons. The molecule has 2 aromatic carbocycles. The number of carbonyl (C=O) groups excluding carboxylic acids is 1. The SMILES string of the molecule is CC(C)(C)[C@@H]1CCc2c(sc(N=Cc3ccccc3OCc3ccc(Cl)cc3Cl)c2C(=O)NCc2ccco2)C1. The van der Waals surface area contributed by atoms with Crippen LogP contribution in [0.15, 0.2) is 70.3 Å². The molecule has 2 heterocycles. The highest BCUT2D eigenvalue weighted by Gasteiger charge is 2.33. The fraction of sp³-hybridized carbons (Fsp3) is 0.312. The zero-order valence-electron chi connectivity index (χ0n) is 22.8. The molecule has 1 N–H and O–H groups in total. The van der Waals surface area contributed by atoms with E-state index < -0.39 is 0 Å². The predicted molar refractivity (Wildman–Crippen MR) is 164 cm³/mol. The van der Waals surface area contributed by atoms with Crippen molar-refractivity contribution in [1.82, 2.24) is 5.32 Å². The van der Waals surface area contributed by atoms with E-state index in [1.54, 1.807) is 35.9 Å². The van der Waals surface area contributed by atoms with Gasteiger partial charge in [-0.25, -0.2) is 4.99 Å². The van der Waals surface area contributed by atoms with E-state index in [-0.39, 0.29) is 11.3 Å². The number of benzene rings is 2. The van der Waals surface area contributed by atoms with Gasteiger partial charge in [-0.05, 0) is 72.6 Å². The van der Waals surface area contributed by atoms with Gasteiger partial charge in [0.05, 0.1) is 18.4 Å². The maximum atomic E-state index is 13.5. The fourth-order valence-electron chi connectivity index (χ4n) is 4.95. The zero-order chi connectivity index (χ0) is 28.3. The van der Waals surface area contributed by atoms with E-state index in [0.717, 1.165) is 36.0 Å².